The predicted octanol–water partition coefficient (Wildman–Crippen LogP) is 2.69. The van der Waals surface area contributed by atoms with E-state index in [1.54, 1.807) is 13.0 Å². The standard InChI is InChI=1S/C17H19F3N6O4S/c1-2-31(28,29)26-9-3-4-13(26)10-21-15-14(24-30-25-15)16(23-27)22-12-7-5-11(6-8-12)17(18,19)20/h4-8,27H,2-3,9-10H2,1H3,(H,21,25)(H,22,23). The SMILES string of the molecule is CCS(=O)(=O)N1CCC=C1CNc1nonc1/C(=N/O)Nc1ccc(C(F)(F)F)cc1. The summed E-state index contributed by atoms with van der Waals surface area (Å²) in [6.07, 6.45) is -2.14. The lowest BCUT2D eigenvalue weighted by molar-refractivity contribution is -0.137. The molecule has 31 heavy (non-hydrogen) atoms. The number of alkyl halides is 3. The largest absolute Gasteiger partial charge is 0.416 e. The molecular formula is C17H19F3N6O4S. The van der Waals surface area contributed by atoms with Gasteiger partial charge in [0.2, 0.25) is 21.7 Å². The van der Waals surface area contributed by atoms with Crippen molar-refractivity contribution in [3.8, 4) is 0 Å². The fourth-order valence-corrected chi connectivity index (χ4v) is 4.06. The highest BCUT2D eigenvalue weighted by atomic mass is 32.2. The first kappa shape index (κ1) is 22.4. The highest BCUT2D eigenvalue weighted by Gasteiger charge is 2.30. The average molecular weight is 460 g/mol. The second kappa shape index (κ2) is 8.83. The van der Waals surface area contributed by atoms with Crippen LogP contribution in [-0.2, 0) is 16.2 Å². The second-order valence-electron chi connectivity index (χ2n) is 6.42. The van der Waals surface area contributed by atoms with Crippen molar-refractivity contribution in [3.05, 3.63) is 47.3 Å². The molecule has 10 nitrogen and oxygen atoms in total. The van der Waals surface area contributed by atoms with Crippen LogP contribution in [0.2, 0.25) is 0 Å². The Morgan fingerprint density at radius 3 is 2.61 bits per heavy atom. The minimum atomic E-state index is -4.48. The quantitative estimate of drug-likeness (QED) is 0.249. The zero-order valence-corrected chi connectivity index (χ0v) is 17.0. The van der Waals surface area contributed by atoms with Gasteiger partial charge in [0.1, 0.15) is 0 Å². The number of hydrogen-bond acceptors (Lipinski definition) is 8. The van der Waals surface area contributed by atoms with Gasteiger partial charge in [-0.25, -0.2) is 13.0 Å². The summed E-state index contributed by atoms with van der Waals surface area (Å²) in [4.78, 5) is 0. The molecule has 2 heterocycles. The van der Waals surface area contributed by atoms with Crippen molar-refractivity contribution in [1.29, 1.82) is 0 Å². The van der Waals surface area contributed by atoms with Crippen LogP contribution < -0.4 is 10.6 Å². The highest BCUT2D eigenvalue weighted by molar-refractivity contribution is 7.89. The van der Waals surface area contributed by atoms with E-state index in [1.807, 2.05) is 0 Å². The van der Waals surface area contributed by atoms with Crippen molar-refractivity contribution in [2.45, 2.75) is 19.5 Å². The van der Waals surface area contributed by atoms with Gasteiger partial charge < -0.3 is 15.8 Å². The molecule has 0 aliphatic carbocycles. The summed E-state index contributed by atoms with van der Waals surface area (Å²) in [7, 11) is -3.41. The lowest BCUT2D eigenvalue weighted by Gasteiger charge is -2.21. The Morgan fingerprint density at radius 1 is 1.29 bits per heavy atom. The van der Waals surface area contributed by atoms with Crippen LogP contribution in [0.5, 0.6) is 0 Å². The first-order chi connectivity index (χ1) is 14.7. The zero-order chi connectivity index (χ0) is 22.6. The Labute approximate surface area is 175 Å². The van der Waals surface area contributed by atoms with Crippen LogP contribution in [0.1, 0.15) is 24.6 Å². The number of nitrogens with one attached hydrogen (secondary N) is 2. The lowest BCUT2D eigenvalue weighted by Crippen LogP contribution is -2.32. The van der Waals surface area contributed by atoms with E-state index in [4.69, 9.17) is 0 Å². The number of halogens is 3. The number of nitrogens with zero attached hydrogens (tertiary/aromatic N) is 4. The summed E-state index contributed by atoms with van der Waals surface area (Å²) >= 11 is 0. The van der Waals surface area contributed by atoms with E-state index in [-0.39, 0.29) is 35.3 Å². The molecule has 0 spiro atoms. The fourth-order valence-electron chi connectivity index (χ4n) is 2.87. The predicted molar refractivity (Wildman–Crippen MR) is 105 cm³/mol. The fraction of sp³-hybridized carbons (Fsp3) is 0.353. The van der Waals surface area contributed by atoms with Crippen LogP contribution in [0.4, 0.5) is 24.7 Å². The number of aromatic nitrogens is 2. The van der Waals surface area contributed by atoms with Gasteiger partial charge in [0.05, 0.1) is 17.9 Å². The van der Waals surface area contributed by atoms with Crippen molar-refractivity contribution in [1.82, 2.24) is 14.6 Å². The van der Waals surface area contributed by atoms with Gasteiger partial charge in [0, 0.05) is 17.9 Å². The summed E-state index contributed by atoms with van der Waals surface area (Å²) in [6, 6.07) is 4.05. The number of rotatable bonds is 7. The van der Waals surface area contributed by atoms with E-state index in [0.29, 0.717) is 18.7 Å². The van der Waals surface area contributed by atoms with Gasteiger partial charge >= 0.3 is 6.18 Å². The minimum Gasteiger partial charge on any atom is -0.409 e. The van der Waals surface area contributed by atoms with Crippen LogP contribution in [0.25, 0.3) is 0 Å². The third-order valence-corrected chi connectivity index (χ3v) is 6.28. The van der Waals surface area contributed by atoms with E-state index in [0.717, 1.165) is 24.3 Å². The molecule has 2 aromatic rings. The Kier molecular flexibility index (Phi) is 6.38. The molecule has 0 fully saturated rings. The van der Waals surface area contributed by atoms with Crippen LogP contribution >= 0.6 is 0 Å². The van der Waals surface area contributed by atoms with Crippen LogP contribution in [0.15, 0.2) is 45.8 Å². The molecule has 168 valence electrons. The molecule has 0 saturated heterocycles. The maximum atomic E-state index is 12.7. The first-order valence-corrected chi connectivity index (χ1v) is 10.7. The van der Waals surface area contributed by atoms with Crippen LogP contribution in [0.3, 0.4) is 0 Å². The summed E-state index contributed by atoms with van der Waals surface area (Å²) in [6.45, 7) is 1.98. The van der Waals surface area contributed by atoms with E-state index in [9.17, 15) is 26.8 Å². The molecule has 3 N–H and O–H groups in total. The summed E-state index contributed by atoms with van der Waals surface area (Å²) in [5, 5.41) is 25.2. The van der Waals surface area contributed by atoms with Crippen molar-refractivity contribution in [2.24, 2.45) is 5.16 Å². The van der Waals surface area contributed by atoms with Crippen molar-refractivity contribution >= 4 is 27.4 Å². The van der Waals surface area contributed by atoms with Crippen LogP contribution in [0, 0.1) is 0 Å². The lowest BCUT2D eigenvalue weighted by atomic mass is 10.2. The third kappa shape index (κ3) is 5.07. The maximum absolute atomic E-state index is 12.7. The monoisotopic (exact) mass is 460 g/mol. The van der Waals surface area contributed by atoms with Crippen molar-refractivity contribution in [2.75, 3.05) is 29.5 Å². The molecule has 0 unspecified atom stereocenters. The highest BCUT2D eigenvalue weighted by Crippen LogP contribution is 2.30. The number of benzene rings is 1. The van der Waals surface area contributed by atoms with E-state index in [2.05, 4.69) is 30.7 Å². The molecule has 1 aromatic heterocycles. The molecular weight excluding hydrogens is 441 g/mol. The Bertz CT molecular complexity index is 1080. The number of anilines is 2. The van der Waals surface area contributed by atoms with Crippen LogP contribution in [-0.4, -0.2) is 52.9 Å². The summed E-state index contributed by atoms with van der Waals surface area (Å²) in [5.41, 5.74) is -0.157. The van der Waals surface area contributed by atoms with Crippen molar-refractivity contribution < 1.29 is 31.4 Å². The van der Waals surface area contributed by atoms with Gasteiger partial charge in [0.25, 0.3) is 0 Å². The smallest absolute Gasteiger partial charge is 0.409 e. The average Bonchev–Trinajstić information content (AvgIpc) is 3.39. The molecule has 0 radical (unpaired) electrons. The normalized spacial score (nSPS) is 15.2. The van der Waals surface area contributed by atoms with Gasteiger partial charge in [0.15, 0.2) is 5.69 Å². The zero-order valence-electron chi connectivity index (χ0n) is 16.2. The Balaban J connectivity index is 1.71. The molecule has 0 saturated carbocycles. The number of sulfonamides is 1. The molecule has 1 aliphatic rings. The number of oxime groups is 1. The van der Waals surface area contributed by atoms with E-state index in [1.165, 1.54) is 4.31 Å². The molecule has 3 rings (SSSR count). The van der Waals surface area contributed by atoms with Crippen molar-refractivity contribution in [3.63, 3.8) is 0 Å². The van der Waals surface area contributed by atoms with Gasteiger partial charge in [-0.1, -0.05) is 11.2 Å². The minimum absolute atomic E-state index is 0.0422. The maximum Gasteiger partial charge on any atom is 0.416 e. The number of hydrogen-bond donors (Lipinski definition) is 3. The van der Waals surface area contributed by atoms with Gasteiger partial charge in [-0.2, -0.15) is 13.2 Å². The molecule has 0 atom stereocenters. The molecule has 1 aromatic carbocycles. The summed E-state index contributed by atoms with van der Waals surface area (Å²) in [5.74, 6) is -0.227. The summed E-state index contributed by atoms with van der Waals surface area (Å²) < 4.78 is 68.4. The van der Waals surface area contributed by atoms with E-state index < -0.39 is 21.8 Å². The third-order valence-electron chi connectivity index (χ3n) is 4.46. The molecule has 0 amide bonds. The van der Waals surface area contributed by atoms with Gasteiger partial charge in [-0.15, -0.1) is 0 Å². The molecule has 1 aliphatic heterocycles. The molecule has 0 bridgehead atoms. The second-order valence-corrected chi connectivity index (χ2v) is 8.60. The van der Waals surface area contributed by atoms with Gasteiger partial charge in [-0.3, -0.25) is 4.31 Å². The Morgan fingerprint density at radius 2 is 2.00 bits per heavy atom. The number of amidine groups is 1. The first-order valence-electron chi connectivity index (χ1n) is 9.08. The molecule has 14 heteroatoms. The Hall–Kier alpha value is -3.29. The van der Waals surface area contributed by atoms with E-state index >= 15 is 0 Å². The topological polar surface area (TPSA) is 133 Å². The van der Waals surface area contributed by atoms with Gasteiger partial charge in [-0.05, 0) is 47.9 Å².